The van der Waals surface area contributed by atoms with E-state index in [2.05, 4.69) is 15.3 Å². The van der Waals surface area contributed by atoms with Gasteiger partial charge in [0.15, 0.2) is 0 Å². The summed E-state index contributed by atoms with van der Waals surface area (Å²) in [4.78, 5) is 36.0. The minimum atomic E-state index is -0.347. The summed E-state index contributed by atoms with van der Waals surface area (Å²) >= 11 is 0. The lowest BCUT2D eigenvalue weighted by Crippen LogP contribution is -2.29. The normalized spacial score (nSPS) is 16.2. The van der Waals surface area contributed by atoms with E-state index in [-0.39, 0.29) is 30.0 Å². The van der Waals surface area contributed by atoms with Gasteiger partial charge in [0.2, 0.25) is 11.8 Å². The van der Waals surface area contributed by atoms with Crippen LogP contribution in [0.1, 0.15) is 55.4 Å². The van der Waals surface area contributed by atoms with Crippen molar-refractivity contribution in [3.05, 3.63) is 52.9 Å². The van der Waals surface area contributed by atoms with Crippen LogP contribution in [0.2, 0.25) is 0 Å². The summed E-state index contributed by atoms with van der Waals surface area (Å²) in [6.07, 6.45) is 1.57. The molecule has 1 atom stereocenters. The summed E-state index contributed by atoms with van der Waals surface area (Å²) in [6.45, 7) is 9.25. The zero-order valence-corrected chi connectivity index (χ0v) is 18.0. The third-order valence-electron chi connectivity index (χ3n) is 5.39. The topological polar surface area (TPSA) is 75.2 Å². The van der Waals surface area contributed by atoms with Gasteiger partial charge in [-0.05, 0) is 50.5 Å². The highest BCUT2D eigenvalue weighted by atomic mass is 19.1. The Balaban J connectivity index is 1.66. The molecule has 1 aromatic carbocycles. The van der Waals surface area contributed by atoms with E-state index >= 15 is 0 Å². The Hall–Kier alpha value is -2.83. The lowest BCUT2D eigenvalue weighted by Gasteiger charge is -2.18. The Labute approximate surface area is 176 Å². The zero-order chi connectivity index (χ0) is 21.8. The Morgan fingerprint density at radius 3 is 2.40 bits per heavy atom. The maximum absolute atomic E-state index is 13.0. The van der Waals surface area contributed by atoms with Crippen molar-refractivity contribution >= 4 is 17.5 Å². The van der Waals surface area contributed by atoms with Gasteiger partial charge in [-0.25, -0.2) is 14.4 Å². The summed E-state index contributed by atoms with van der Waals surface area (Å²) in [5, 5.41) is 2.77. The van der Waals surface area contributed by atoms with Gasteiger partial charge in [-0.2, -0.15) is 0 Å². The number of halogens is 1. The summed E-state index contributed by atoms with van der Waals surface area (Å²) < 4.78 is 13.0. The van der Waals surface area contributed by atoms with Crippen LogP contribution in [-0.2, 0) is 16.0 Å². The second-order valence-corrected chi connectivity index (χ2v) is 8.39. The van der Waals surface area contributed by atoms with Gasteiger partial charge in [-0.15, -0.1) is 0 Å². The molecular weight excluding hydrogens is 383 g/mol. The minimum Gasteiger partial charge on any atom is -0.342 e. The molecule has 1 saturated heterocycles. The maximum Gasteiger partial charge on any atom is 0.228 e. The molecule has 1 N–H and O–H groups in total. The molecule has 1 unspecified atom stereocenters. The third-order valence-corrected chi connectivity index (χ3v) is 5.39. The third kappa shape index (κ3) is 5.40. The average molecular weight is 413 g/mol. The van der Waals surface area contributed by atoms with E-state index in [1.807, 2.05) is 32.6 Å². The van der Waals surface area contributed by atoms with Crippen molar-refractivity contribution in [2.75, 3.05) is 18.4 Å². The smallest absolute Gasteiger partial charge is 0.228 e. The number of benzene rings is 1. The van der Waals surface area contributed by atoms with Gasteiger partial charge >= 0.3 is 0 Å². The minimum absolute atomic E-state index is 0.126. The molecule has 2 heterocycles. The predicted molar refractivity (Wildman–Crippen MR) is 114 cm³/mol. The van der Waals surface area contributed by atoms with Crippen molar-refractivity contribution in [1.29, 1.82) is 0 Å². The second kappa shape index (κ2) is 9.32. The number of hydrogen-bond acceptors (Lipinski definition) is 4. The van der Waals surface area contributed by atoms with E-state index in [0.29, 0.717) is 24.6 Å². The van der Waals surface area contributed by atoms with Crippen LogP contribution in [0, 0.1) is 25.6 Å². The quantitative estimate of drug-likeness (QED) is 0.784. The molecule has 160 valence electrons. The van der Waals surface area contributed by atoms with E-state index in [1.54, 1.807) is 0 Å². The Kier molecular flexibility index (Phi) is 6.80. The van der Waals surface area contributed by atoms with E-state index < -0.39 is 0 Å². The molecule has 0 saturated carbocycles. The number of likely N-dealkylation sites (tertiary alicyclic amines) is 1. The molecule has 30 heavy (non-hydrogen) atoms. The number of carbonyl (C=O) groups is 2. The van der Waals surface area contributed by atoms with Crippen molar-refractivity contribution in [2.24, 2.45) is 5.92 Å². The predicted octanol–water partition coefficient (Wildman–Crippen LogP) is 3.78. The van der Waals surface area contributed by atoms with Gasteiger partial charge < -0.3 is 10.2 Å². The molecule has 2 aromatic rings. The van der Waals surface area contributed by atoms with Crippen molar-refractivity contribution in [2.45, 2.75) is 52.9 Å². The lowest BCUT2D eigenvalue weighted by atomic mass is 10.0. The lowest BCUT2D eigenvalue weighted by molar-refractivity contribution is -0.130. The maximum atomic E-state index is 13.0. The van der Waals surface area contributed by atoms with Gasteiger partial charge in [-0.3, -0.25) is 9.59 Å². The van der Waals surface area contributed by atoms with E-state index in [4.69, 9.17) is 0 Å². The van der Waals surface area contributed by atoms with Crippen LogP contribution in [0.15, 0.2) is 24.3 Å². The monoisotopic (exact) mass is 412 g/mol. The number of anilines is 1. The first-order chi connectivity index (χ1) is 14.2. The van der Waals surface area contributed by atoms with Gasteiger partial charge in [0, 0.05) is 48.1 Å². The highest BCUT2D eigenvalue weighted by Crippen LogP contribution is 2.27. The standard InChI is InChI=1S/C23H29FN4O2/c1-14(2)11-22(30)28-10-9-17(13-28)23-25-15(3)20(16(4)26-23)12-21(29)27-19-7-5-18(24)6-8-19/h5-8,14,17H,9-13H2,1-4H3,(H,27,29). The summed E-state index contributed by atoms with van der Waals surface area (Å²) in [7, 11) is 0. The first kappa shape index (κ1) is 21.9. The van der Waals surface area contributed by atoms with E-state index in [0.717, 1.165) is 35.7 Å². The van der Waals surface area contributed by atoms with E-state index in [1.165, 1.54) is 24.3 Å². The highest BCUT2D eigenvalue weighted by Gasteiger charge is 2.30. The molecule has 1 aromatic heterocycles. The van der Waals surface area contributed by atoms with Gasteiger partial charge in [0.1, 0.15) is 11.6 Å². The van der Waals surface area contributed by atoms with Crippen LogP contribution in [0.25, 0.3) is 0 Å². The summed E-state index contributed by atoms with van der Waals surface area (Å²) in [5.41, 5.74) is 2.90. The van der Waals surface area contributed by atoms with Gasteiger partial charge in [0.25, 0.3) is 0 Å². The van der Waals surface area contributed by atoms with Crippen molar-refractivity contribution in [1.82, 2.24) is 14.9 Å². The fraction of sp³-hybridized carbons (Fsp3) is 0.478. The van der Waals surface area contributed by atoms with Crippen LogP contribution in [0.3, 0.4) is 0 Å². The fourth-order valence-electron chi connectivity index (χ4n) is 3.78. The number of aromatic nitrogens is 2. The molecule has 0 spiro atoms. The van der Waals surface area contributed by atoms with Gasteiger partial charge in [0.05, 0.1) is 6.42 Å². The molecule has 1 aliphatic rings. The fourth-order valence-corrected chi connectivity index (χ4v) is 3.78. The van der Waals surface area contributed by atoms with Crippen molar-refractivity contribution < 1.29 is 14.0 Å². The molecule has 2 amide bonds. The van der Waals surface area contributed by atoms with Crippen LogP contribution in [-0.4, -0.2) is 39.8 Å². The van der Waals surface area contributed by atoms with Crippen LogP contribution in [0.4, 0.5) is 10.1 Å². The zero-order valence-electron chi connectivity index (χ0n) is 18.0. The Morgan fingerprint density at radius 2 is 1.80 bits per heavy atom. The summed E-state index contributed by atoms with van der Waals surface area (Å²) in [6, 6.07) is 5.67. The molecule has 0 radical (unpaired) electrons. The van der Waals surface area contributed by atoms with Gasteiger partial charge in [-0.1, -0.05) is 13.8 Å². The first-order valence-corrected chi connectivity index (χ1v) is 10.4. The molecular formula is C23H29FN4O2. The largest absolute Gasteiger partial charge is 0.342 e. The number of nitrogens with zero attached hydrogens (tertiary/aromatic N) is 3. The van der Waals surface area contributed by atoms with Crippen molar-refractivity contribution in [3.8, 4) is 0 Å². The van der Waals surface area contributed by atoms with Crippen LogP contribution >= 0.6 is 0 Å². The molecule has 0 aliphatic carbocycles. The average Bonchev–Trinajstić information content (AvgIpc) is 3.16. The molecule has 0 bridgehead atoms. The number of carbonyl (C=O) groups excluding carboxylic acids is 2. The van der Waals surface area contributed by atoms with Crippen LogP contribution in [0.5, 0.6) is 0 Å². The molecule has 3 rings (SSSR count). The molecule has 7 heteroatoms. The number of amides is 2. The van der Waals surface area contributed by atoms with E-state index in [9.17, 15) is 14.0 Å². The second-order valence-electron chi connectivity index (χ2n) is 8.39. The number of rotatable bonds is 6. The molecule has 6 nitrogen and oxygen atoms in total. The summed E-state index contributed by atoms with van der Waals surface area (Å²) in [5.74, 6) is 0.858. The Morgan fingerprint density at radius 1 is 1.17 bits per heavy atom. The molecule has 1 fully saturated rings. The number of hydrogen-bond donors (Lipinski definition) is 1. The number of aryl methyl sites for hydroxylation is 2. The van der Waals surface area contributed by atoms with Crippen LogP contribution < -0.4 is 5.32 Å². The first-order valence-electron chi connectivity index (χ1n) is 10.4. The van der Waals surface area contributed by atoms with Crippen molar-refractivity contribution in [3.63, 3.8) is 0 Å². The number of nitrogens with one attached hydrogen (secondary N) is 1. The molecule has 1 aliphatic heterocycles. The highest BCUT2D eigenvalue weighted by molar-refractivity contribution is 5.92. The SMILES string of the molecule is Cc1nc(C2CCN(C(=O)CC(C)C)C2)nc(C)c1CC(=O)Nc1ccc(F)cc1. The Bertz CT molecular complexity index is 904.